The molecule has 0 aliphatic carbocycles. The number of carbonyl (C=O) groups excluding carboxylic acids is 1. The number of nitrogens with zero attached hydrogens (tertiary/aromatic N) is 2. The van der Waals surface area contributed by atoms with Gasteiger partial charge in [0.15, 0.2) is 0 Å². The normalized spacial score (nSPS) is 24.2. The number of hydrogen-bond donors (Lipinski definition) is 1. The zero-order valence-corrected chi connectivity index (χ0v) is 16.2. The van der Waals surface area contributed by atoms with E-state index in [1.165, 1.54) is 4.31 Å². The first-order valence-corrected chi connectivity index (χ1v) is 11.0. The van der Waals surface area contributed by atoms with Gasteiger partial charge < -0.3 is 5.32 Å². The van der Waals surface area contributed by atoms with Crippen molar-refractivity contribution in [3.8, 4) is 0 Å². The van der Waals surface area contributed by atoms with Crippen molar-refractivity contribution in [1.29, 1.82) is 0 Å². The van der Waals surface area contributed by atoms with E-state index in [0.29, 0.717) is 44.9 Å². The quantitative estimate of drug-likeness (QED) is 0.848. The lowest BCUT2D eigenvalue weighted by atomic mass is 9.96. The Hall–Kier alpha value is -1.44. The first-order valence-electron chi connectivity index (χ1n) is 9.61. The Morgan fingerprint density at radius 1 is 1.12 bits per heavy atom. The molecule has 1 N–H and O–H groups in total. The first kappa shape index (κ1) is 19.3. The fraction of sp³-hybridized carbons (Fsp3) is 0.632. The van der Waals surface area contributed by atoms with Gasteiger partial charge in [0, 0.05) is 26.2 Å². The number of nitrogens with one attached hydrogen (secondary N) is 1. The van der Waals surface area contributed by atoms with E-state index in [2.05, 4.69) is 12.2 Å². The van der Waals surface area contributed by atoms with E-state index in [1.807, 2.05) is 30.3 Å². The third-order valence-electron chi connectivity index (χ3n) is 5.55. The summed E-state index contributed by atoms with van der Waals surface area (Å²) >= 11 is 0. The molecular formula is C19H29N3O3S. The highest BCUT2D eigenvalue weighted by atomic mass is 32.2. The fourth-order valence-electron chi connectivity index (χ4n) is 3.86. The van der Waals surface area contributed by atoms with E-state index in [4.69, 9.17) is 0 Å². The summed E-state index contributed by atoms with van der Waals surface area (Å²) in [6, 6.07) is 8.94. The van der Waals surface area contributed by atoms with E-state index < -0.39 is 16.3 Å². The molecule has 1 atom stereocenters. The Morgan fingerprint density at radius 2 is 1.81 bits per heavy atom. The van der Waals surface area contributed by atoms with Crippen LogP contribution in [0.25, 0.3) is 0 Å². The summed E-state index contributed by atoms with van der Waals surface area (Å²) in [5.41, 5.74) is 0.972. The van der Waals surface area contributed by atoms with Crippen molar-refractivity contribution in [2.24, 2.45) is 5.92 Å². The average molecular weight is 380 g/mol. The van der Waals surface area contributed by atoms with Gasteiger partial charge in [0.25, 0.3) is 10.2 Å². The lowest BCUT2D eigenvalue weighted by Crippen LogP contribution is -2.54. The molecule has 0 saturated carbocycles. The minimum Gasteiger partial charge on any atom is -0.355 e. The maximum atomic E-state index is 13.3. The maximum absolute atomic E-state index is 13.3. The smallest absolute Gasteiger partial charge is 0.282 e. The number of piperidine rings is 1. The maximum Gasteiger partial charge on any atom is 0.282 e. The van der Waals surface area contributed by atoms with Crippen LogP contribution in [0, 0.1) is 5.92 Å². The van der Waals surface area contributed by atoms with Crippen molar-refractivity contribution < 1.29 is 13.2 Å². The molecule has 144 valence electrons. The van der Waals surface area contributed by atoms with Crippen LogP contribution in [0.1, 0.15) is 38.2 Å². The average Bonchev–Trinajstić information content (AvgIpc) is 2.85. The van der Waals surface area contributed by atoms with Crippen molar-refractivity contribution >= 4 is 16.1 Å². The Labute approximate surface area is 156 Å². The summed E-state index contributed by atoms with van der Waals surface area (Å²) in [6.07, 6.45) is 3.94. The molecule has 0 spiro atoms. The summed E-state index contributed by atoms with van der Waals surface area (Å²) in [5, 5.41) is 2.87. The van der Waals surface area contributed by atoms with Crippen LogP contribution in [0.5, 0.6) is 0 Å². The summed E-state index contributed by atoms with van der Waals surface area (Å²) < 4.78 is 29.6. The van der Waals surface area contributed by atoms with E-state index >= 15 is 0 Å². The second kappa shape index (κ2) is 8.50. The lowest BCUT2D eigenvalue weighted by Gasteiger charge is -2.36. The minimum absolute atomic E-state index is 0.196. The zero-order valence-electron chi connectivity index (χ0n) is 15.4. The first-order chi connectivity index (χ1) is 12.5. The number of amides is 1. The molecule has 6 nitrogen and oxygen atoms in total. The molecule has 2 fully saturated rings. The van der Waals surface area contributed by atoms with Gasteiger partial charge in [-0.2, -0.15) is 17.0 Å². The molecule has 1 aromatic rings. The van der Waals surface area contributed by atoms with Crippen LogP contribution in [-0.2, 0) is 21.4 Å². The Kier molecular flexibility index (Phi) is 6.32. The molecule has 0 bridgehead atoms. The monoisotopic (exact) mass is 379 g/mol. The molecule has 26 heavy (non-hydrogen) atoms. The second-order valence-electron chi connectivity index (χ2n) is 7.22. The van der Waals surface area contributed by atoms with Crippen LogP contribution in [0.2, 0.25) is 0 Å². The van der Waals surface area contributed by atoms with E-state index in [0.717, 1.165) is 24.8 Å². The fourth-order valence-corrected chi connectivity index (χ4v) is 5.68. The highest BCUT2D eigenvalue weighted by molar-refractivity contribution is 7.86. The molecule has 1 unspecified atom stereocenters. The summed E-state index contributed by atoms with van der Waals surface area (Å²) in [6.45, 7) is 4.16. The van der Waals surface area contributed by atoms with E-state index in [9.17, 15) is 13.2 Å². The third-order valence-corrected chi connectivity index (χ3v) is 7.60. The van der Waals surface area contributed by atoms with Crippen molar-refractivity contribution in [1.82, 2.24) is 13.9 Å². The third kappa shape index (κ3) is 4.27. The molecule has 2 aliphatic rings. The van der Waals surface area contributed by atoms with E-state index in [-0.39, 0.29) is 5.91 Å². The van der Waals surface area contributed by atoms with Crippen LogP contribution in [0.3, 0.4) is 0 Å². The molecule has 1 aromatic carbocycles. The molecule has 2 aliphatic heterocycles. The summed E-state index contributed by atoms with van der Waals surface area (Å²) in [7, 11) is -3.64. The molecule has 2 saturated heterocycles. The minimum atomic E-state index is -3.64. The van der Waals surface area contributed by atoms with E-state index in [1.54, 1.807) is 4.31 Å². The molecule has 0 aromatic heterocycles. The molecular weight excluding hydrogens is 350 g/mol. The number of carbonyl (C=O) groups is 1. The van der Waals surface area contributed by atoms with Gasteiger partial charge in [0.2, 0.25) is 5.91 Å². The van der Waals surface area contributed by atoms with Gasteiger partial charge in [-0.05, 0) is 37.2 Å². The number of rotatable bonds is 5. The van der Waals surface area contributed by atoms with Crippen LogP contribution in [-0.4, -0.2) is 55.2 Å². The van der Waals surface area contributed by atoms with Gasteiger partial charge in [0.05, 0.1) is 0 Å². The Morgan fingerprint density at radius 3 is 2.46 bits per heavy atom. The summed E-state index contributed by atoms with van der Waals surface area (Å²) in [4.78, 5) is 12.6. The van der Waals surface area contributed by atoms with Crippen molar-refractivity contribution in [3.63, 3.8) is 0 Å². The highest BCUT2D eigenvalue weighted by Gasteiger charge is 2.40. The zero-order chi connectivity index (χ0) is 18.6. The van der Waals surface area contributed by atoms with Crippen LogP contribution in [0.15, 0.2) is 30.3 Å². The summed E-state index contributed by atoms with van der Waals surface area (Å²) in [5.74, 6) is 0.410. The molecule has 2 heterocycles. The largest absolute Gasteiger partial charge is 0.355 e. The topological polar surface area (TPSA) is 69.7 Å². The standard InChI is InChI=1S/C19H29N3O3S/c1-2-16-9-13-21(14-10-16)26(24,25)22-12-6-11-20-19(23)18(22)15-17-7-4-3-5-8-17/h3-5,7-8,16,18H,2,6,9-15H2,1H3,(H,20,23). The molecule has 3 rings (SSSR count). The van der Waals surface area contributed by atoms with Crippen LogP contribution < -0.4 is 5.32 Å². The Bertz CT molecular complexity index is 700. The van der Waals surface area contributed by atoms with Crippen LogP contribution >= 0.6 is 0 Å². The SMILES string of the molecule is CCC1CCN(S(=O)(=O)N2CCCNC(=O)C2Cc2ccccc2)CC1. The number of benzene rings is 1. The van der Waals surface area contributed by atoms with Gasteiger partial charge >= 0.3 is 0 Å². The molecule has 7 heteroatoms. The van der Waals surface area contributed by atoms with Gasteiger partial charge in [-0.1, -0.05) is 43.7 Å². The van der Waals surface area contributed by atoms with Crippen molar-refractivity contribution in [2.75, 3.05) is 26.2 Å². The van der Waals surface area contributed by atoms with Gasteiger partial charge in [-0.15, -0.1) is 0 Å². The van der Waals surface area contributed by atoms with Crippen molar-refractivity contribution in [3.05, 3.63) is 35.9 Å². The predicted octanol–water partition coefficient (Wildman–Crippen LogP) is 1.79. The molecule has 1 amide bonds. The second-order valence-corrected chi connectivity index (χ2v) is 9.10. The Balaban J connectivity index is 1.82. The molecule has 0 radical (unpaired) electrons. The van der Waals surface area contributed by atoms with Gasteiger partial charge in [0.1, 0.15) is 6.04 Å². The van der Waals surface area contributed by atoms with Gasteiger partial charge in [-0.25, -0.2) is 0 Å². The van der Waals surface area contributed by atoms with Crippen molar-refractivity contribution in [2.45, 2.75) is 45.1 Å². The predicted molar refractivity (Wildman–Crippen MR) is 102 cm³/mol. The number of hydrogen-bond acceptors (Lipinski definition) is 3. The lowest BCUT2D eigenvalue weighted by molar-refractivity contribution is -0.124. The highest BCUT2D eigenvalue weighted by Crippen LogP contribution is 2.26. The van der Waals surface area contributed by atoms with Crippen LogP contribution in [0.4, 0.5) is 0 Å². The van der Waals surface area contributed by atoms with Gasteiger partial charge in [-0.3, -0.25) is 4.79 Å².